The number of ether oxygens (including phenoxy) is 2. The largest absolute Gasteiger partial charge is 0.495 e. The molecular weight excluding hydrogens is 264 g/mol. The molecular formula is C17H18N2O2. The lowest BCUT2D eigenvalue weighted by Gasteiger charge is -2.26. The number of fused-ring (bicyclic) bond motifs is 1. The van der Waals surface area contributed by atoms with E-state index in [9.17, 15) is 0 Å². The summed E-state index contributed by atoms with van der Waals surface area (Å²) in [6.45, 7) is 1.65. The van der Waals surface area contributed by atoms with Crippen LogP contribution in [0.1, 0.15) is 0 Å². The molecule has 108 valence electrons. The number of anilines is 2. The van der Waals surface area contributed by atoms with Crippen LogP contribution in [0, 0.1) is 0 Å². The Bertz CT molecular complexity index is 640. The molecule has 0 radical (unpaired) electrons. The molecule has 21 heavy (non-hydrogen) atoms. The van der Waals surface area contributed by atoms with Crippen LogP contribution in [0.3, 0.4) is 0 Å². The predicted molar refractivity (Wildman–Crippen MR) is 85.0 cm³/mol. The Morgan fingerprint density at radius 2 is 1.90 bits per heavy atom. The van der Waals surface area contributed by atoms with E-state index in [-0.39, 0.29) is 0 Å². The second-order valence-electron chi connectivity index (χ2n) is 4.69. The minimum absolute atomic E-state index is 0.805. The molecule has 0 bridgehead atoms. The molecule has 2 aromatic rings. The third-order valence-corrected chi connectivity index (χ3v) is 3.39. The van der Waals surface area contributed by atoms with Crippen molar-refractivity contribution in [1.82, 2.24) is 0 Å². The smallest absolute Gasteiger partial charge is 0.150 e. The molecule has 0 aromatic heterocycles. The summed E-state index contributed by atoms with van der Waals surface area (Å²) in [6.07, 6.45) is 3.66. The molecule has 4 nitrogen and oxygen atoms in total. The second kappa shape index (κ2) is 6.22. The van der Waals surface area contributed by atoms with Crippen LogP contribution in [-0.2, 0) is 0 Å². The van der Waals surface area contributed by atoms with Crippen LogP contribution in [0.4, 0.5) is 11.4 Å². The Balaban J connectivity index is 1.63. The molecule has 2 aromatic carbocycles. The van der Waals surface area contributed by atoms with Gasteiger partial charge in [0.25, 0.3) is 0 Å². The van der Waals surface area contributed by atoms with E-state index in [0.717, 1.165) is 36.0 Å². The fraction of sp³-hybridized carbons (Fsp3) is 0.176. The maximum absolute atomic E-state index is 5.49. The molecule has 0 amide bonds. The third kappa shape index (κ3) is 2.94. The first kappa shape index (κ1) is 13.4. The standard InChI is InChI=1S/C17H18N2O2/c1-20-16-8-4-2-6-14(16)18-10-11-19-12-13-21-17-9-5-3-7-15(17)19/h2-9,12-13,18H,10-11H2,1H3. The van der Waals surface area contributed by atoms with E-state index >= 15 is 0 Å². The number of methoxy groups -OCH3 is 1. The minimum Gasteiger partial charge on any atom is -0.495 e. The van der Waals surface area contributed by atoms with Gasteiger partial charge in [0.05, 0.1) is 18.5 Å². The Hall–Kier alpha value is -2.62. The van der Waals surface area contributed by atoms with E-state index < -0.39 is 0 Å². The highest BCUT2D eigenvalue weighted by Gasteiger charge is 2.13. The molecule has 0 saturated carbocycles. The third-order valence-electron chi connectivity index (χ3n) is 3.39. The van der Waals surface area contributed by atoms with Crippen molar-refractivity contribution in [3.8, 4) is 11.5 Å². The van der Waals surface area contributed by atoms with Gasteiger partial charge in [-0.25, -0.2) is 0 Å². The number of hydrogen-bond donors (Lipinski definition) is 1. The number of para-hydroxylation sites is 4. The minimum atomic E-state index is 0.805. The van der Waals surface area contributed by atoms with Gasteiger partial charge in [-0.15, -0.1) is 0 Å². The number of hydrogen-bond acceptors (Lipinski definition) is 4. The molecule has 0 unspecified atom stereocenters. The predicted octanol–water partition coefficient (Wildman–Crippen LogP) is 3.48. The molecule has 1 aliphatic rings. The van der Waals surface area contributed by atoms with Crippen molar-refractivity contribution in [3.63, 3.8) is 0 Å². The summed E-state index contributed by atoms with van der Waals surface area (Å²) in [5.41, 5.74) is 2.09. The monoisotopic (exact) mass is 282 g/mol. The van der Waals surface area contributed by atoms with Gasteiger partial charge in [-0.1, -0.05) is 24.3 Å². The topological polar surface area (TPSA) is 33.7 Å². The van der Waals surface area contributed by atoms with E-state index in [1.807, 2.05) is 48.7 Å². The maximum atomic E-state index is 5.49. The summed E-state index contributed by atoms with van der Waals surface area (Å²) in [5, 5.41) is 3.40. The molecule has 0 aliphatic carbocycles. The molecule has 1 heterocycles. The van der Waals surface area contributed by atoms with E-state index in [4.69, 9.17) is 9.47 Å². The first-order valence-corrected chi connectivity index (χ1v) is 6.94. The molecule has 1 aliphatic heterocycles. The second-order valence-corrected chi connectivity index (χ2v) is 4.69. The van der Waals surface area contributed by atoms with Crippen LogP contribution in [-0.4, -0.2) is 20.2 Å². The fourth-order valence-electron chi connectivity index (χ4n) is 2.35. The zero-order chi connectivity index (χ0) is 14.5. The molecule has 0 fully saturated rings. The van der Waals surface area contributed by atoms with Gasteiger partial charge < -0.3 is 19.7 Å². The Morgan fingerprint density at radius 1 is 1.10 bits per heavy atom. The summed E-state index contributed by atoms with van der Waals surface area (Å²) >= 11 is 0. The van der Waals surface area contributed by atoms with Crippen molar-refractivity contribution in [1.29, 1.82) is 0 Å². The summed E-state index contributed by atoms with van der Waals surface area (Å²) in [4.78, 5) is 2.17. The SMILES string of the molecule is COc1ccccc1NCCN1C=COc2ccccc21. The lowest BCUT2D eigenvalue weighted by atomic mass is 10.2. The van der Waals surface area contributed by atoms with Gasteiger partial charge in [0.15, 0.2) is 0 Å². The van der Waals surface area contributed by atoms with Crippen LogP contribution >= 0.6 is 0 Å². The average molecular weight is 282 g/mol. The van der Waals surface area contributed by atoms with Crippen molar-refractivity contribution in [2.75, 3.05) is 30.4 Å². The van der Waals surface area contributed by atoms with Gasteiger partial charge >= 0.3 is 0 Å². The number of nitrogens with one attached hydrogen (secondary N) is 1. The van der Waals surface area contributed by atoms with Crippen molar-refractivity contribution in [2.45, 2.75) is 0 Å². The van der Waals surface area contributed by atoms with E-state index in [2.05, 4.69) is 16.3 Å². The molecule has 0 spiro atoms. The van der Waals surface area contributed by atoms with Crippen LogP contribution < -0.4 is 19.7 Å². The first-order chi connectivity index (χ1) is 10.4. The molecule has 4 heteroatoms. The Labute approximate surface area is 124 Å². The molecule has 0 atom stereocenters. The van der Waals surface area contributed by atoms with Crippen LogP contribution in [0.25, 0.3) is 0 Å². The van der Waals surface area contributed by atoms with Gasteiger partial charge in [-0.05, 0) is 24.3 Å². The zero-order valence-corrected chi connectivity index (χ0v) is 12.0. The molecule has 3 rings (SSSR count). The van der Waals surface area contributed by atoms with Gasteiger partial charge in [0.1, 0.15) is 17.8 Å². The molecule has 0 saturated heterocycles. The molecule has 1 N–H and O–H groups in total. The van der Waals surface area contributed by atoms with Crippen molar-refractivity contribution in [3.05, 3.63) is 61.0 Å². The highest BCUT2D eigenvalue weighted by Crippen LogP contribution is 2.31. The van der Waals surface area contributed by atoms with Crippen LogP contribution in [0.2, 0.25) is 0 Å². The average Bonchev–Trinajstić information content (AvgIpc) is 2.55. The van der Waals surface area contributed by atoms with E-state index in [0.29, 0.717) is 0 Å². The summed E-state index contributed by atoms with van der Waals surface area (Å²) in [7, 11) is 1.68. The van der Waals surface area contributed by atoms with Crippen LogP contribution in [0.5, 0.6) is 11.5 Å². The van der Waals surface area contributed by atoms with E-state index in [1.54, 1.807) is 13.4 Å². The van der Waals surface area contributed by atoms with Crippen LogP contribution in [0.15, 0.2) is 61.0 Å². The van der Waals surface area contributed by atoms with Crippen molar-refractivity contribution >= 4 is 11.4 Å². The number of benzene rings is 2. The van der Waals surface area contributed by atoms with Crippen molar-refractivity contribution < 1.29 is 9.47 Å². The van der Waals surface area contributed by atoms with Gasteiger partial charge in [-0.3, -0.25) is 0 Å². The Morgan fingerprint density at radius 3 is 2.81 bits per heavy atom. The fourth-order valence-corrected chi connectivity index (χ4v) is 2.35. The summed E-state index contributed by atoms with van der Waals surface area (Å²) < 4.78 is 10.8. The number of rotatable bonds is 5. The van der Waals surface area contributed by atoms with Crippen molar-refractivity contribution in [2.24, 2.45) is 0 Å². The summed E-state index contributed by atoms with van der Waals surface area (Å²) in [6, 6.07) is 15.9. The lowest BCUT2D eigenvalue weighted by molar-refractivity contribution is 0.416. The highest BCUT2D eigenvalue weighted by atomic mass is 16.5. The maximum Gasteiger partial charge on any atom is 0.150 e. The summed E-state index contributed by atoms with van der Waals surface area (Å²) in [5.74, 6) is 1.74. The normalized spacial score (nSPS) is 12.5. The van der Waals surface area contributed by atoms with E-state index in [1.165, 1.54) is 0 Å². The van der Waals surface area contributed by atoms with Gasteiger partial charge in [-0.2, -0.15) is 0 Å². The van der Waals surface area contributed by atoms with Gasteiger partial charge in [0.2, 0.25) is 0 Å². The zero-order valence-electron chi connectivity index (χ0n) is 12.0. The first-order valence-electron chi connectivity index (χ1n) is 6.94. The highest BCUT2D eigenvalue weighted by molar-refractivity contribution is 5.62. The quantitative estimate of drug-likeness (QED) is 0.910. The van der Waals surface area contributed by atoms with Gasteiger partial charge in [0, 0.05) is 19.3 Å². The lowest BCUT2D eigenvalue weighted by Crippen LogP contribution is -2.26. The Kier molecular flexibility index (Phi) is 3.96. The number of nitrogens with zero attached hydrogens (tertiary/aromatic N) is 1.